The Balaban J connectivity index is 1.76. The molecule has 1 N–H and O–H groups in total. The number of hydrogen-bond donors (Lipinski definition) is 1. The van der Waals surface area contributed by atoms with Gasteiger partial charge in [-0.1, -0.05) is 47.6 Å². The van der Waals surface area contributed by atoms with Gasteiger partial charge in [-0.2, -0.15) is 0 Å². The molecule has 3 rings (SSSR count). The average molecular weight is 379 g/mol. The zero-order chi connectivity index (χ0) is 20.0. The van der Waals surface area contributed by atoms with E-state index < -0.39 is 23.8 Å². The molecule has 0 fully saturated rings. The molecule has 8 nitrogen and oxygen atoms in total. The zero-order valence-corrected chi connectivity index (χ0v) is 14.8. The largest absolute Gasteiger partial charge is 0.550 e. The fraction of sp³-hybridized carbons (Fsp3) is 0.200. The third-order valence-electron chi connectivity index (χ3n) is 4.26. The van der Waals surface area contributed by atoms with Gasteiger partial charge in [0.2, 0.25) is 5.60 Å². The van der Waals surface area contributed by atoms with Crippen LogP contribution in [0.4, 0.5) is 0 Å². The number of aliphatic carboxylic acids is 1. The van der Waals surface area contributed by atoms with E-state index in [0.29, 0.717) is 29.8 Å². The van der Waals surface area contributed by atoms with E-state index in [4.69, 9.17) is 15.1 Å². The van der Waals surface area contributed by atoms with Gasteiger partial charge in [-0.25, -0.2) is 0 Å². The maximum atomic E-state index is 12.2. The first-order chi connectivity index (χ1) is 13.5. The molecule has 0 bridgehead atoms. The number of nitrogens with one attached hydrogen (secondary N) is 1. The van der Waals surface area contributed by atoms with Crippen LogP contribution in [-0.4, -0.2) is 34.1 Å². The lowest BCUT2D eigenvalue weighted by atomic mass is 9.87. The van der Waals surface area contributed by atoms with Gasteiger partial charge in [0.25, 0.3) is 5.78 Å². The summed E-state index contributed by atoms with van der Waals surface area (Å²) in [6.45, 7) is 0.389. The molecule has 2 aromatic rings. The molecule has 1 atom stereocenters. The number of ketones is 1. The second-order valence-electron chi connectivity index (χ2n) is 6.27. The smallest absolute Gasteiger partial charge is 0.377 e. The summed E-state index contributed by atoms with van der Waals surface area (Å²) in [4.78, 5) is 31.4. The standard InChI is InChI=1S/C20H17N3O5/c21-22-12-18(24)20(11-19(25)26)10-17(23-28-20)15-7-4-8-16(9-15)27-13-14-5-2-1-3-6-14/h1-9,12,21H,10-11,13H2. The number of hydrogen-bond acceptors (Lipinski definition) is 7. The van der Waals surface area contributed by atoms with E-state index in [2.05, 4.69) is 9.95 Å². The van der Waals surface area contributed by atoms with Gasteiger partial charge < -0.3 is 19.5 Å². The van der Waals surface area contributed by atoms with E-state index in [1.807, 2.05) is 30.3 Å². The molecular formula is C20H17N3O5. The van der Waals surface area contributed by atoms with Crippen molar-refractivity contribution in [2.24, 2.45) is 5.16 Å². The van der Waals surface area contributed by atoms with Crippen LogP contribution in [-0.2, 0) is 21.0 Å². The van der Waals surface area contributed by atoms with Crippen molar-refractivity contribution in [3.63, 3.8) is 0 Å². The maximum absolute atomic E-state index is 12.2. The fourth-order valence-electron chi connectivity index (χ4n) is 2.86. The zero-order valence-electron chi connectivity index (χ0n) is 14.8. The highest BCUT2D eigenvalue weighted by molar-refractivity contribution is 6.31. The van der Waals surface area contributed by atoms with E-state index in [0.717, 1.165) is 5.56 Å². The van der Waals surface area contributed by atoms with Gasteiger partial charge in [0.05, 0.1) is 16.0 Å². The number of benzene rings is 2. The van der Waals surface area contributed by atoms with Crippen LogP contribution in [0, 0.1) is 5.53 Å². The monoisotopic (exact) mass is 379 g/mol. The minimum absolute atomic E-state index is 0.0754. The highest BCUT2D eigenvalue weighted by atomic mass is 16.7. The van der Waals surface area contributed by atoms with Crippen LogP contribution in [0.2, 0.25) is 0 Å². The number of Topliss-reactive ketones (excluding diaryl/α,β-unsaturated/α-hetero) is 1. The fourth-order valence-corrected chi connectivity index (χ4v) is 2.86. The van der Waals surface area contributed by atoms with Crippen molar-refractivity contribution in [3.05, 3.63) is 65.7 Å². The Kier molecular flexibility index (Phi) is 5.62. The third-order valence-corrected chi connectivity index (χ3v) is 4.26. The number of carbonyl (C=O) groups excluding carboxylic acids is 2. The summed E-state index contributed by atoms with van der Waals surface area (Å²) < 4.78 is 5.78. The highest BCUT2D eigenvalue weighted by Crippen LogP contribution is 2.31. The summed E-state index contributed by atoms with van der Waals surface area (Å²) in [6.07, 6.45) is -0.0518. The predicted molar refractivity (Wildman–Crippen MR) is 95.9 cm³/mol. The lowest BCUT2D eigenvalue weighted by Crippen LogP contribution is -2.45. The lowest BCUT2D eigenvalue weighted by Gasteiger charge is -2.21. The van der Waals surface area contributed by atoms with Crippen molar-refractivity contribution in [2.75, 3.05) is 0 Å². The summed E-state index contributed by atoms with van der Waals surface area (Å²) in [5.74, 6) is -1.61. The minimum Gasteiger partial charge on any atom is -0.550 e. The number of carboxylic acid groups (broad SMARTS) is 1. The molecule has 0 radical (unpaired) electrons. The molecule has 0 spiro atoms. The van der Waals surface area contributed by atoms with Crippen LogP contribution in [0.3, 0.4) is 0 Å². The lowest BCUT2D eigenvalue weighted by molar-refractivity contribution is -0.309. The Hall–Kier alpha value is -3.77. The van der Waals surface area contributed by atoms with Gasteiger partial charge in [0, 0.05) is 24.4 Å². The van der Waals surface area contributed by atoms with Crippen LogP contribution in [0.15, 0.2) is 59.8 Å². The molecule has 142 valence electrons. The van der Waals surface area contributed by atoms with Gasteiger partial charge in [0.1, 0.15) is 12.4 Å². The second kappa shape index (κ2) is 8.28. The van der Waals surface area contributed by atoms with Gasteiger partial charge in [-0.3, -0.25) is 4.79 Å². The first-order valence-corrected chi connectivity index (χ1v) is 8.49. The molecule has 1 unspecified atom stereocenters. The Morgan fingerprint density at radius 1 is 1.25 bits per heavy atom. The van der Waals surface area contributed by atoms with Crippen LogP contribution in [0.25, 0.3) is 0 Å². The van der Waals surface area contributed by atoms with Gasteiger partial charge in [0.15, 0.2) is 0 Å². The second-order valence-corrected chi connectivity index (χ2v) is 6.27. The van der Waals surface area contributed by atoms with E-state index >= 15 is 0 Å². The predicted octanol–water partition coefficient (Wildman–Crippen LogP) is 1.15. The topological polar surface area (TPSA) is 126 Å². The molecule has 28 heavy (non-hydrogen) atoms. The van der Waals surface area contributed by atoms with Gasteiger partial charge in [-0.15, -0.1) is 0 Å². The third kappa shape index (κ3) is 4.31. The normalized spacial score (nSPS) is 17.8. The first kappa shape index (κ1) is 19.0. The summed E-state index contributed by atoms with van der Waals surface area (Å²) in [6, 6.07) is 16.7. The number of nitrogens with zero attached hydrogens (tertiary/aromatic N) is 2. The summed E-state index contributed by atoms with van der Waals surface area (Å²) in [5.41, 5.74) is 7.11. The SMILES string of the molecule is N=[N+]=CC(=O)C1(CC(=O)[O-])CC(c2cccc(OCc3ccccc3)c2)=NO1. The van der Waals surface area contributed by atoms with Gasteiger partial charge in [-0.05, 0) is 17.7 Å². The molecule has 0 aliphatic carbocycles. The Morgan fingerprint density at radius 3 is 2.75 bits per heavy atom. The number of ether oxygens (including phenoxy) is 1. The van der Waals surface area contributed by atoms with Crippen molar-refractivity contribution >= 4 is 23.7 Å². The molecule has 1 aliphatic heterocycles. The minimum atomic E-state index is -1.75. The number of oxime groups is 1. The van der Waals surface area contributed by atoms with E-state index in [9.17, 15) is 14.7 Å². The van der Waals surface area contributed by atoms with E-state index in [-0.39, 0.29) is 6.42 Å². The van der Waals surface area contributed by atoms with Crippen molar-refractivity contribution < 1.29 is 29.1 Å². The Labute approximate surface area is 160 Å². The van der Waals surface area contributed by atoms with Crippen molar-refractivity contribution in [2.45, 2.75) is 25.0 Å². The van der Waals surface area contributed by atoms with E-state index in [1.54, 1.807) is 24.3 Å². The van der Waals surface area contributed by atoms with Crippen molar-refractivity contribution in [1.29, 1.82) is 5.53 Å². The number of rotatable bonds is 8. The van der Waals surface area contributed by atoms with Crippen molar-refractivity contribution in [1.82, 2.24) is 0 Å². The number of carboxylic acids is 1. The molecule has 8 heteroatoms. The maximum Gasteiger partial charge on any atom is 0.377 e. The molecule has 0 aromatic heterocycles. The average Bonchev–Trinajstić information content (AvgIpc) is 3.12. The molecule has 1 aliphatic rings. The Morgan fingerprint density at radius 2 is 2.04 bits per heavy atom. The summed E-state index contributed by atoms with van der Waals surface area (Å²) in [5, 5.41) is 15.0. The van der Waals surface area contributed by atoms with E-state index in [1.165, 1.54) is 0 Å². The summed E-state index contributed by atoms with van der Waals surface area (Å²) >= 11 is 0. The molecule has 2 aromatic carbocycles. The molecule has 0 amide bonds. The molecule has 0 saturated heterocycles. The van der Waals surface area contributed by atoms with Crippen molar-refractivity contribution in [3.8, 4) is 5.75 Å². The van der Waals surface area contributed by atoms with Gasteiger partial charge >= 0.3 is 6.21 Å². The van der Waals surface area contributed by atoms with Crippen LogP contribution < -0.4 is 9.84 Å². The molecular weight excluding hydrogens is 362 g/mol. The Bertz CT molecular complexity index is 967. The van der Waals surface area contributed by atoms with Crippen LogP contribution >= 0.6 is 0 Å². The summed E-state index contributed by atoms with van der Waals surface area (Å²) in [7, 11) is 0. The van der Waals surface area contributed by atoms with Crippen LogP contribution in [0.1, 0.15) is 24.0 Å². The quantitative estimate of drug-likeness (QED) is 0.418. The number of carbonyl (C=O) groups is 2. The van der Waals surface area contributed by atoms with Crippen LogP contribution in [0.5, 0.6) is 5.75 Å². The molecule has 1 heterocycles. The highest BCUT2D eigenvalue weighted by Gasteiger charge is 2.48. The first-order valence-electron chi connectivity index (χ1n) is 8.49. The molecule has 0 saturated carbocycles.